The summed E-state index contributed by atoms with van der Waals surface area (Å²) < 4.78 is 43.7. The fourth-order valence-electron chi connectivity index (χ4n) is 6.75. The molecule has 0 bridgehead atoms. The first-order valence-electron chi connectivity index (χ1n) is 15.1. The molecule has 1 aromatic heterocycles. The minimum atomic E-state index is -4.52. The lowest BCUT2D eigenvalue weighted by Gasteiger charge is -2.17. The molecule has 0 saturated heterocycles. The molecule has 0 aliphatic carbocycles. The number of hydrogen-bond acceptors (Lipinski definition) is 2. The van der Waals surface area contributed by atoms with Crippen LogP contribution in [0.5, 0.6) is 0 Å². The highest BCUT2D eigenvalue weighted by molar-refractivity contribution is 6.36. The molecule has 7 aromatic rings. The molecule has 7 heteroatoms. The molecule has 47 heavy (non-hydrogen) atoms. The summed E-state index contributed by atoms with van der Waals surface area (Å²) in [6.07, 6.45) is -4.52. The Kier molecular flexibility index (Phi) is 6.41. The Morgan fingerprint density at radius 1 is 0.574 bits per heavy atom. The molecular formula is C40H25F3N2O2. The largest absolute Gasteiger partial charge is 0.416 e. The number of nitrogens with zero attached hydrogens (tertiary/aromatic N) is 2. The summed E-state index contributed by atoms with van der Waals surface area (Å²) in [7, 11) is 0. The Hall–Kier alpha value is -5.95. The molecule has 2 amide bonds. The van der Waals surface area contributed by atoms with Gasteiger partial charge >= 0.3 is 6.18 Å². The average Bonchev–Trinajstić information content (AvgIpc) is 3.55. The summed E-state index contributed by atoms with van der Waals surface area (Å²) in [6, 6.07) is 39.4. The number of carbonyl (C=O) groups excluding carboxylic acids is 2. The van der Waals surface area contributed by atoms with E-state index >= 15 is 0 Å². The minimum absolute atomic E-state index is 0.236. The Bertz CT molecular complexity index is 2410. The molecule has 0 radical (unpaired) electrons. The number of anilines is 1. The van der Waals surface area contributed by atoms with E-state index in [9.17, 15) is 22.8 Å². The number of hydrogen-bond donors (Lipinski definition) is 0. The van der Waals surface area contributed by atoms with E-state index in [1.54, 1.807) is 43.3 Å². The molecule has 0 unspecified atom stereocenters. The topological polar surface area (TPSA) is 42.3 Å². The van der Waals surface area contributed by atoms with Crippen molar-refractivity contribution >= 4 is 39.3 Å². The monoisotopic (exact) mass is 622 g/mol. The number of aromatic nitrogens is 1. The van der Waals surface area contributed by atoms with Gasteiger partial charge in [-0.25, -0.2) is 4.90 Å². The van der Waals surface area contributed by atoms with Gasteiger partial charge in [-0.1, -0.05) is 91.0 Å². The Labute approximate surface area is 267 Å². The van der Waals surface area contributed by atoms with Crippen molar-refractivity contribution in [2.75, 3.05) is 4.90 Å². The summed E-state index contributed by atoms with van der Waals surface area (Å²) in [6.45, 7) is 1.64. The van der Waals surface area contributed by atoms with Crippen LogP contribution < -0.4 is 4.90 Å². The van der Waals surface area contributed by atoms with Crippen LogP contribution in [0, 0.1) is 6.92 Å². The molecule has 8 rings (SSSR count). The van der Waals surface area contributed by atoms with Crippen molar-refractivity contribution in [2.45, 2.75) is 13.1 Å². The van der Waals surface area contributed by atoms with Gasteiger partial charge in [0, 0.05) is 16.3 Å². The molecule has 0 saturated carbocycles. The normalized spacial score (nSPS) is 13.1. The molecule has 6 aromatic carbocycles. The van der Waals surface area contributed by atoms with E-state index in [0.29, 0.717) is 33.6 Å². The van der Waals surface area contributed by atoms with Crippen molar-refractivity contribution in [1.29, 1.82) is 0 Å². The van der Waals surface area contributed by atoms with Gasteiger partial charge in [-0.2, -0.15) is 13.2 Å². The zero-order valence-electron chi connectivity index (χ0n) is 25.0. The second-order valence-corrected chi connectivity index (χ2v) is 11.7. The van der Waals surface area contributed by atoms with E-state index in [2.05, 4.69) is 0 Å². The smallest absolute Gasteiger partial charge is 0.308 e. The van der Waals surface area contributed by atoms with Gasteiger partial charge in [0.1, 0.15) is 0 Å². The molecule has 0 spiro atoms. The lowest BCUT2D eigenvalue weighted by atomic mass is 9.97. The SMILES string of the molecule is Cc1cc(-c2cccc3c4ccccc4n(-c4cccc5c4C(=O)N(c4cccc(-c6ccccc6)c4)C5=O)c23)cc(C(F)(F)F)c1. The second kappa shape index (κ2) is 10.6. The Morgan fingerprint density at radius 3 is 2.06 bits per heavy atom. The van der Waals surface area contributed by atoms with Crippen LogP contribution in [0.1, 0.15) is 31.8 Å². The number of alkyl halides is 3. The number of para-hydroxylation sites is 2. The summed E-state index contributed by atoms with van der Waals surface area (Å²) in [5.74, 6) is -0.907. The van der Waals surface area contributed by atoms with Crippen LogP contribution in [-0.2, 0) is 6.18 Å². The quantitative estimate of drug-likeness (QED) is 0.183. The van der Waals surface area contributed by atoms with Crippen molar-refractivity contribution < 1.29 is 22.8 Å². The maximum Gasteiger partial charge on any atom is 0.416 e. The third-order valence-corrected chi connectivity index (χ3v) is 8.76. The molecule has 1 aliphatic heterocycles. The standard InChI is InChI=1S/C40H25F3N2O2/c1-24-20-27(22-28(21-24)40(41,42)43)30-15-8-16-32-31-14-5-6-18-34(31)45(37(30)32)35-19-9-17-33-36(35)39(47)44(38(33)46)29-13-7-12-26(23-29)25-10-3-2-4-11-25/h2-23H,1H3. The number of aryl methyl sites for hydroxylation is 1. The molecule has 0 atom stereocenters. The summed E-state index contributed by atoms with van der Waals surface area (Å²) in [5, 5.41) is 1.69. The van der Waals surface area contributed by atoms with Crippen LogP contribution in [0.25, 0.3) is 49.7 Å². The van der Waals surface area contributed by atoms with E-state index in [1.165, 1.54) is 4.90 Å². The van der Waals surface area contributed by atoms with Crippen molar-refractivity contribution in [3.8, 4) is 27.9 Å². The molecule has 228 valence electrons. The number of amides is 2. The van der Waals surface area contributed by atoms with Gasteiger partial charge in [-0.15, -0.1) is 0 Å². The number of carbonyl (C=O) groups is 2. The number of fused-ring (bicyclic) bond motifs is 4. The highest BCUT2D eigenvalue weighted by atomic mass is 19.4. The molecular weight excluding hydrogens is 597 g/mol. The average molecular weight is 623 g/mol. The van der Waals surface area contributed by atoms with Gasteiger partial charge in [-0.3, -0.25) is 9.59 Å². The van der Waals surface area contributed by atoms with E-state index in [-0.39, 0.29) is 11.1 Å². The van der Waals surface area contributed by atoms with Crippen LogP contribution >= 0.6 is 0 Å². The van der Waals surface area contributed by atoms with Crippen molar-refractivity contribution in [3.05, 3.63) is 156 Å². The third-order valence-electron chi connectivity index (χ3n) is 8.76. The van der Waals surface area contributed by atoms with E-state index in [0.717, 1.165) is 39.5 Å². The van der Waals surface area contributed by atoms with E-state index in [1.807, 2.05) is 89.5 Å². The van der Waals surface area contributed by atoms with E-state index < -0.39 is 23.6 Å². The number of imide groups is 1. The highest BCUT2D eigenvalue weighted by Gasteiger charge is 2.39. The first kappa shape index (κ1) is 28.5. The zero-order chi connectivity index (χ0) is 32.4. The second-order valence-electron chi connectivity index (χ2n) is 11.7. The van der Waals surface area contributed by atoms with Crippen LogP contribution in [-0.4, -0.2) is 16.4 Å². The van der Waals surface area contributed by atoms with Gasteiger partial charge in [0.15, 0.2) is 0 Å². The third kappa shape index (κ3) is 4.54. The predicted molar refractivity (Wildman–Crippen MR) is 179 cm³/mol. The lowest BCUT2D eigenvalue weighted by Crippen LogP contribution is -2.29. The van der Waals surface area contributed by atoms with Gasteiger partial charge in [0.25, 0.3) is 11.8 Å². The number of benzene rings is 6. The summed E-state index contributed by atoms with van der Waals surface area (Å²) in [5.41, 5.74) is 5.37. The highest BCUT2D eigenvalue weighted by Crippen LogP contribution is 2.42. The van der Waals surface area contributed by atoms with Crippen LogP contribution in [0.3, 0.4) is 0 Å². The molecule has 2 heterocycles. The number of halogens is 3. The van der Waals surface area contributed by atoms with Gasteiger partial charge in [0.05, 0.1) is 39.1 Å². The maximum absolute atomic E-state index is 14.4. The first-order chi connectivity index (χ1) is 22.7. The first-order valence-corrected chi connectivity index (χ1v) is 15.1. The fourth-order valence-corrected chi connectivity index (χ4v) is 6.75. The molecule has 1 aliphatic rings. The molecule has 4 nitrogen and oxygen atoms in total. The molecule has 0 N–H and O–H groups in total. The lowest BCUT2D eigenvalue weighted by molar-refractivity contribution is -0.137. The Balaban J connectivity index is 1.36. The van der Waals surface area contributed by atoms with Gasteiger partial charge < -0.3 is 4.57 Å². The maximum atomic E-state index is 14.4. The van der Waals surface area contributed by atoms with Crippen molar-refractivity contribution in [3.63, 3.8) is 0 Å². The summed E-state index contributed by atoms with van der Waals surface area (Å²) in [4.78, 5) is 29.5. The van der Waals surface area contributed by atoms with Crippen molar-refractivity contribution in [2.24, 2.45) is 0 Å². The predicted octanol–water partition coefficient (Wildman–Crippen LogP) is 10.2. The van der Waals surface area contributed by atoms with Crippen LogP contribution in [0.4, 0.5) is 18.9 Å². The van der Waals surface area contributed by atoms with Crippen LogP contribution in [0.2, 0.25) is 0 Å². The van der Waals surface area contributed by atoms with Crippen molar-refractivity contribution in [1.82, 2.24) is 4.57 Å². The van der Waals surface area contributed by atoms with E-state index in [4.69, 9.17) is 0 Å². The van der Waals surface area contributed by atoms with Gasteiger partial charge in [0.2, 0.25) is 0 Å². The Morgan fingerprint density at radius 2 is 1.26 bits per heavy atom. The minimum Gasteiger partial charge on any atom is -0.308 e. The fraction of sp³-hybridized carbons (Fsp3) is 0.0500. The zero-order valence-corrected chi connectivity index (χ0v) is 25.0. The van der Waals surface area contributed by atoms with Gasteiger partial charge in [-0.05, 0) is 71.6 Å². The number of rotatable bonds is 4. The molecule has 0 fully saturated rings. The summed E-state index contributed by atoms with van der Waals surface area (Å²) >= 11 is 0. The van der Waals surface area contributed by atoms with Crippen LogP contribution in [0.15, 0.2) is 133 Å².